The van der Waals surface area contributed by atoms with Gasteiger partial charge in [0.2, 0.25) is 5.43 Å². The van der Waals surface area contributed by atoms with E-state index < -0.39 is 0 Å². The lowest BCUT2D eigenvalue weighted by atomic mass is 10.1. The predicted molar refractivity (Wildman–Crippen MR) is 118 cm³/mol. The zero-order chi connectivity index (χ0) is 21.1. The predicted octanol–water partition coefficient (Wildman–Crippen LogP) is 4.08. The minimum absolute atomic E-state index is 0.0533. The summed E-state index contributed by atoms with van der Waals surface area (Å²) in [6, 6.07) is 25.1. The third kappa shape index (κ3) is 4.01. The van der Waals surface area contributed by atoms with Crippen molar-refractivity contribution in [1.82, 2.24) is 14.7 Å². The van der Waals surface area contributed by atoms with Gasteiger partial charge < -0.3 is 4.90 Å². The van der Waals surface area contributed by atoms with E-state index in [9.17, 15) is 9.59 Å². The molecule has 1 aromatic heterocycles. The number of rotatable bonds is 5. The lowest BCUT2D eigenvalue weighted by molar-refractivity contribution is 0.0720. The highest BCUT2D eigenvalue weighted by atomic mass is 16.2. The summed E-state index contributed by atoms with van der Waals surface area (Å²) in [6.45, 7) is 2.72. The van der Waals surface area contributed by atoms with Gasteiger partial charge in [0.1, 0.15) is 0 Å². The summed E-state index contributed by atoms with van der Waals surface area (Å²) in [7, 11) is 1.76. The van der Waals surface area contributed by atoms with Gasteiger partial charge in [-0.25, -0.2) is 0 Å². The van der Waals surface area contributed by atoms with Crippen LogP contribution in [0.5, 0.6) is 0 Å². The van der Waals surface area contributed by atoms with E-state index in [0.29, 0.717) is 24.0 Å². The molecule has 0 fully saturated rings. The monoisotopic (exact) mass is 397 g/mol. The van der Waals surface area contributed by atoms with Gasteiger partial charge in [0, 0.05) is 20.1 Å². The summed E-state index contributed by atoms with van der Waals surface area (Å²) in [6.07, 6.45) is 0. The standard InChI is InChI=1S/C25H23N3O2/c1-18-13-14-22-21(15-18)24(29)23(26-27(22)2)25(30)28(16-19-9-5-3-6-10-19)17-20-11-7-4-8-12-20/h3-15H,16-17H2,1-2H3. The molecule has 0 aliphatic heterocycles. The lowest BCUT2D eigenvalue weighted by Crippen LogP contribution is -2.35. The van der Waals surface area contributed by atoms with Gasteiger partial charge in [-0.3, -0.25) is 14.3 Å². The molecule has 0 saturated heterocycles. The molecule has 0 spiro atoms. The summed E-state index contributed by atoms with van der Waals surface area (Å²) < 4.78 is 1.60. The van der Waals surface area contributed by atoms with E-state index in [1.807, 2.05) is 85.8 Å². The van der Waals surface area contributed by atoms with Crippen LogP contribution in [0.2, 0.25) is 0 Å². The van der Waals surface area contributed by atoms with E-state index in [1.54, 1.807) is 16.6 Å². The number of carbonyl (C=O) groups is 1. The number of amides is 1. The van der Waals surface area contributed by atoms with Crippen molar-refractivity contribution in [3.05, 3.63) is 111 Å². The normalized spacial score (nSPS) is 10.9. The van der Waals surface area contributed by atoms with Gasteiger partial charge in [-0.1, -0.05) is 72.3 Å². The zero-order valence-corrected chi connectivity index (χ0v) is 17.1. The Morgan fingerprint density at radius 2 is 1.47 bits per heavy atom. The molecule has 150 valence electrons. The smallest absolute Gasteiger partial charge is 0.279 e. The van der Waals surface area contributed by atoms with Crippen molar-refractivity contribution in [2.45, 2.75) is 20.0 Å². The number of benzene rings is 3. The lowest BCUT2D eigenvalue weighted by Gasteiger charge is -2.23. The Balaban J connectivity index is 1.77. The van der Waals surface area contributed by atoms with E-state index in [4.69, 9.17) is 0 Å². The van der Waals surface area contributed by atoms with Crippen molar-refractivity contribution in [2.75, 3.05) is 0 Å². The molecule has 0 radical (unpaired) electrons. The molecule has 1 heterocycles. The maximum atomic E-state index is 13.5. The molecule has 0 atom stereocenters. The highest BCUT2D eigenvalue weighted by molar-refractivity contribution is 5.95. The van der Waals surface area contributed by atoms with Crippen molar-refractivity contribution < 1.29 is 4.79 Å². The average molecular weight is 397 g/mol. The number of hydrogen-bond acceptors (Lipinski definition) is 3. The second-order valence-corrected chi connectivity index (χ2v) is 7.45. The molecule has 0 bridgehead atoms. The summed E-state index contributed by atoms with van der Waals surface area (Å²) in [5, 5.41) is 4.86. The number of fused-ring (bicyclic) bond motifs is 1. The first kappa shape index (κ1) is 19.6. The maximum Gasteiger partial charge on any atom is 0.279 e. The molecule has 30 heavy (non-hydrogen) atoms. The van der Waals surface area contributed by atoms with Crippen LogP contribution in [0.15, 0.2) is 83.7 Å². The van der Waals surface area contributed by atoms with Crippen LogP contribution >= 0.6 is 0 Å². The third-order valence-electron chi connectivity index (χ3n) is 5.13. The molecular formula is C25H23N3O2. The average Bonchev–Trinajstić information content (AvgIpc) is 2.76. The van der Waals surface area contributed by atoms with Crippen molar-refractivity contribution >= 4 is 16.8 Å². The van der Waals surface area contributed by atoms with Crippen LogP contribution in [0.3, 0.4) is 0 Å². The first-order valence-electron chi connectivity index (χ1n) is 9.88. The first-order chi connectivity index (χ1) is 14.5. The molecule has 0 saturated carbocycles. The molecule has 5 heteroatoms. The Bertz CT molecular complexity index is 1210. The second-order valence-electron chi connectivity index (χ2n) is 7.45. The third-order valence-corrected chi connectivity index (χ3v) is 5.13. The number of aryl methyl sites for hydroxylation is 2. The van der Waals surface area contributed by atoms with E-state index in [-0.39, 0.29) is 17.0 Å². The Kier molecular flexibility index (Phi) is 5.44. The van der Waals surface area contributed by atoms with E-state index in [0.717, 1.165) is 16.7 Å². The fourth-order valence-corrected chi connectivity index (χ4v) is 3.59. The van der Waals surface area contributed by atoms with E-state index >= 15 is 0 Å². The van der Waals surface area contributed by atoms with Crippen molar-refractivity contribution in [3.63, 3.8) is 0 Å². The number of hydrogen-bond donors (Lipinski definition) is 0. The Hall–Kier alpha value is -3.73. The highest BCUT2D eigenvalue weighted by Crippen LogP contribution is 2.15. The summed E-state index contributed by atoms with van der Waals surface area (Å²) in [5.41, 5.74) is 3.28. The van der Waals surface area contributed by atoms with E-state index in [2.05, 4.69) is 5.10 Å². The van der Waals surface area contributed by atoms with Gasteiger partial charge in [-0.05, 0) is 30.2 Å². The molecule has 4 aromatic rings. The number of nitrogens with zero attached hydrogens (tertiary/aromatic N) is 3. The van der Waals surface area contributed by atoms with Crippen molar-refractivity contribution in [1.29, 1.82) is 0 Å². The molecule has 0 unspecified atom stereocenters. The largest absolute Gasteiger partial charge is 0.328 e. The summed E-state index contributed by atoms with van der Waals surface area (Å²) in [4.78, 5) is 28.3. The quantitative estimate of drug-likeness (QED) is 0.510. The Morgan fingerprint density at radius 3 is 2.03 bits per heavy atom. The minimum Gasteiger partial charge on any atom is -0.328 e. The van der Waals surface area contributed by atoms with Gasteiger partial charge in [-0.2, -0.15) is 5.10 Å². The highest BCUT2D eigenvalue weighted by Gasteiger charge is 2.23. The first-order valence-corrected chi connectivity index (χ1v) is 9.88. The second kappa shape index (κ2) is 8.33. The van der Waals surface area contributed by atoms with E-state index in [1.165, 1.54) is 0 Å². The van der Waals surface area contributed by atoms with Crippen LogP contribution in [0.4, 0.5) is 0 Å². The summed E-state index contributed by atoms with van der Waals surface area (Å²) in [5.74, 6) is -0.369. The fraction of sp³-hybridized carbons (Fsp3) is 0.160. The number of carbonyl (C=O) groups excluding carboxylic acids is 1. The van der Waals surface area contributed by atoms with Crippen molar-refractivity contribution in [2.24, 2.45) is 7.05 Å². The van der Waals surface area contributed by atoms with Gasteiger partial charge in [0.25, 0.3) is 5.91 Å². The summed E-state index contributed by atoms with van der Waals surface area (Å²) >= 11 is 0. The molecule has 4 rings (SSSR count). The molecule has 0 aliphatic carbocycles. The van der Waals surface area contributed by atoms with Crippen molar-refractivity contribution in [3.8, 4) is 0 Å². The number of aromatic nitrogens is 2. The Morgan fingerprint density at radius 1 is 0.900 bits per heavy atom. The van der Waals surface area contributed by atoms with Crippen LogP contribution in [0.25, 0.3) is 10.9 Å². The molecule has 5 nitrogen and oxygen atoms in total. The molecule has 0 aliphatic rings. The van der Waals surface area contributed by atoms with Crippen LogP contribution in [-0.4, -0.2) is 20.6 Å². The van der Waals surface area contributed by atoms with Gasteiger partial charge >= 0.3 is 0 Å². The zero-order valence-electron chi connectivity index (χ0n) is 17.1. The van der Waals surface area contributed by atoms with Crippen LogP contribution in [0, 0.1) is 6.92 Å². The van der Waals surface area contributed by atoms with Crippen LogP contribution < -0.4 is 5.43 Å². The van der Waals surface area contributed by atoms with Crippen LogP contribution in [-0.2, 0) is 20.1 Å². The molecular weight excluding hydrogens is 374 g/mol. The van der Waals surface area contributed by atoms with Gasteiger partial charge in [0.05, 0.1) is 10.9 Å². The van der Waals surface area contributed by atoms with Crippen LogP contribution in [0.1, 0.15) is 27.2 Å². The van der Waals surface area contributed by atoms with Gasteiger partial charge in [-0.15, -0.1) is 0 Å². The SMILES string of the molecule is Cc1ccc2c(c1)c(=O)c(C(=O)N(Cc1ccccc1)Cc1ccccc1)nn2C. The van der Waals surface area contributed by atoms with Gasteiger partial charge in [0.15, 0.2) is 5.69 Å². The minimum atomic E-state index is -0.369. The fourth-order valence-electron chi connectivity index (χ4n) is 3.59. The molecule has 3 aromatic carbocycles. The Labute approximate surface area is 175 Å². The maximum absolute atomic E-state index is 13.5. The topological polar surface area (TPSA) is 55.2 Å². The molecule has 1 amide bonds. The molecule has 0 N–H and O–H groups in total.